The Morgan fingerprint density at radius 3 is 2.43 bits per heavy atom. The maximum atomic E-state index is 12.1. The lowest BCUT2D eigenvalue weighted by molar-refractivity contribution is 0.227. The molecule has 5 heteroatoms. The van der Waals surface area contributed by atoms with Crippen molar-refractivity contribution in [3.8, 4) is 0 Å². The second kappa shape index (κ2) is 8.39. The van der Waals surface area contributed by atoms with E-state index in [0.717, 1.165) is 6.42 Å². The largest absolute Gasteiger partial charge is 0.396 e. The standard InChI is InChI=1S/C16H28N2O2S/c1-10(2)15(14-9-12(4)21-13(14)5)18-16(20)17-11(3)7-6-8-19/h9-11,15,19H,6-8H2,1-5H3,(H2,17,18,20)/t11-,15+/m1/s1. The zero-order chi connectivity index (χ0) is 16.0. The zero-order valence-electron chi connectivity index (χ0n) is 13.7. The third kappa shape index (κ3) is 5.67. The van der Waals surface area contributed by atoms with Gasteiger partial charge in [0.15, 0.2) is 0 Å². The molecule has 0 saturated carbocycles. The van der Waals surface area contributed by atoms with Crippen molar-refractivity contribution in [1.82, 2.24) is 10.6 Å². The average molecular weight is 312 g/mol. The Hall–Kier alpha value is -1.07. The van der Waals surface area contributed by atoms with Gasteiger partial charge in [-0.25, -0.2) is 4.79 Å². The van der Waals surface area contributed by atoms with Crippen molar-refractivity contribution in [3.63, 3.8) is 0 Å². The van der Waals surface area contributed by atoms with Gasteiger partial charge in [0, 0.05) is 22.4 Å². The molecule has 1 aromatic heterocycles. The molecule has 0 aliphatic rings. The Morgan fingerprint density at radius 1 is 1.29 bits per heavy atom. The zero-order valence-corrected chi connectivity index (χ0v) is 14.5. The summed E-state index contributed by atoms with van der Waals surface area (Å²) >= 11 is 1.77. The van der Waals surface area contributed by atoms with Gasteiger partial charge in [0.2, 0.25) is 0 Å². The highest BCUT2D eigenvalue weighted by Crippen LogP contribution is 2.30. The number of aliphatic hydroxyl groups is 1. The molecule has 1 rings (SSSR count). The predicted molar refractivity (Wildman–Crippen MR) is 88.8 cm³/mol. The highest BCUT2D eigenvalue weighted by atomic mass is 32.1. The molecule has 0 bridgehead atoms. The molecule has 0 aliphatic carbocycles. The van der Waals surface area contributed by atoms with E-state index < -0.39 is 0 Å². The number of hydrogen-bond donors (Lipinski definition) is 3. The minimum absolute atomic E-state index is 0.0278. The molecule has 0 aliphatic heterocycles. The molecule has 4 nitrogen and oxygen atoms in total. The minimum atomic E-state index is -0.137. The summed E-state index contributed by atoms with van der Waals surface area (Å²) in [6, 6.07) is 2.12. The molecule has 0 aromatic carbocycles. The van der Waals surface area contributed by atoms with Crippen LogP contribution in [0.15, 0.2) is 6.07 Å². The molecule has 0 unspecified atom stereocenters. The van der Waals surface area contributed by atoms with Crippen molar-refractivity contribution in [3.05, 3.63) is 21.4 Å². The maximum absolute atomic E-state index is 12.1. The highest BCUT2D eigenvalue weighted by Gasteiger charge is 2.22. The van der Waals surface area contributed by atoms with Crippen molar-refractivity contribution in [2.24, 2.45) is 5.92 Å². The topological polar surface area (TPSA) is 61.4 Å². The normalized spacial score (nSPS) is 14.0. The van der Waals surface area contributed by atoms with E-state index in [9.17, 15) is 4.79 Å². The van der Waals surface area contributed by atoms with Crippen LogP contribution < -0.4 is 10.6 Å². The molecule has 3 N–H and O–H groups in total. The summed E-state index contributed by atoms with van der Waals surface area (Å²) in [5.74, 6) is 0.330. The fourth-order valence-electron chi connectivity index (χ4n) is 2.44. The van der Waals surface area contributed by atoms with E-state index >= 15 is 0 Å². The first-order valence-corrected chi connectivity index (χ1v) is 8.41. The number of aryl methyl sites for hydroxylation is 2. The first-order chi connectivity index (χ1) is 9.85. The van der Waals surface area contributed by atoms with Gasteiger partial charge >= 0.3 is 6.03 Å². The third-order valence-electron chi connectivity index (χ3n) is 3.54. The minimum Gasteiger partial charge on any atom is -0.396 e. The van der Waals surface area contributed by atoms with Gasteiger partial charge in [0.1, 0.15) is 0 Å². The molecule has 2 atom stereocenters. The smallest absolute Gasteiger partial charge is 0.315 e. The number of rotatable bonds is 7. The lowest BCUT2D eigenvalue weighted by Crippen LogP contribution is -2.43. The van der Waals surface area contributed by atoms with Crippen LogP contribution in [0.2, 0.25) is 0 Å². The summed E-state index contributed by atoms with van der Waals surface area (Å²) in [4.78, 5) is 14.7. The van der Waals surface area contributed by atoms with Gasteiger partial charge in [-0.05, 0) is 51.2 Å². The highest BCUT2D eigenvalue weighted by molar-refractivity contribution is 7.12. The number of amides is 2. The number of hydrogen-bond acceptors (Lipinski definition) is 3. The second-order valence-corrected chi connectivity index (χ2v) is 7.44. The maximum Gasteiger partial charge on any atom is 0.315 e. The van der Waals surface area contributed by atoms with Gasteiger partial charge in [-0.15, -0.1) is 11.3 Å². The number of aliphatic hydroxyl groups excluding tert-OH is 1. The molecular formula is C16H28N2O2S. The summed E-state index contributed by atoms with van der Waals surface area (Å²) in [6.45, 7) is 10.6. The van der Waals surface area contributed by atoms with E-state index in [4.69, 9.17) is 5.11 Å². The Balaban J connectivity index is 2.67. The fourth-order valence-corrected chi connectivity index (χ4v) is 3.41. The summed E-state index contributed by atoms with van der Waals surface area (Å²) < 4.78 is 0. The average Bonchev–Trinajstić information content (AvgIpc) is 2.72. The van der Waals surface area contributed by atoms with Crippen LogP contribution in [-0.2, 0) is 0 Å². The fraction of sp³-hybridized carbons (Fsp3) is 0.688. The van der Waals surface area contributed by atoms with Gasteiger partial charge in [-0.3, -0.25) is 0 Å². The van der Waals surface area contributed by atoms with Crippen LogP contribution in [0.3, 0.4) is 0 Å². The Morgan fingerprint density at radius 2 is 1.95 bits per heavy atom. The molecule has 21 heavy (non-hydrogen) atoms. The lowest BCUT2D eigenvalue weighted by atomic mass is 9.96. The molecule has 120 valence electrons. The number of carbonyl (C=O) groups excluding carboxylic acids is 1. The SMILES string of the molecule is Cc1cc([C@@H](NC(=O)N[C@H](C)CCCO)C(C)C)c(C)s1. The first kappa shape index (κ1) is 18.0. The number of carbonyl (C=O) groups is 1. The van der Waals surface area contributed by atoms with Gasteiger partial charge in [-0.1, -0.05) is 13.8 Å². The molecule has 0 saturated heterocycles. The molecule has 0 fully saturated rings. The van der Waals surface area contributed by atoms with Crippen LogP contribution in [0.1, 0.15) is 55.0 Å². The van der Waals surface area contributed by atoms with E-state index in [2.05, 4.69) is 44.4 Å². The van der Waals surface area contributed by atoms with Gasteiger partial charge in [-0.2, -0.15) is 0 Å². The van der Waals surface area contributed by atoms with Crippen molar-refractivity contribution in [2.75, 3.05) is 6.61 Å². The molecule has 0 spiro atoms. The van der Waals surface area contributed by atoms with E-state index in [1.165, 1.54) is 15.3 Å². The number of urea groups is 1. The van der Waals surface area contributed by atoms with Crippen molar-refractivity contribution < 1.29 is 9.90 Å². The lowest BCUT2D eigenvalue weighted by Gasteiger charge is -2.24. The van der Waals surface area contributed by atoms with Crippen LogP contribution >= 0.6 is 11.3 Å². The van der Waals surface area contributed by atoms with Crippen LogP contribution in [0, 0.1) is 19.8 Å². The third-order valence-corrected chi connectivity index (χ3v) is 4.52. The summed E-state index contributed by atoms with van der Waals surface area (Å²) in [6.07, 6.45) is 1.49. The Bertz CT molecular complexity index is 457. The predicted octanol–water partition coefficient (Wildman–Crippen LogP) is 3.52. The number of nitrogens with one attached hydrogen (secondary N) is 2. The van der Waals surface area contributed by atoms with Gasteiger partial charge in [0.05, 0.1) is 6.04 Å². The molecule has 0 radical (unpaired) electrons. The van der Waals surface area contributed by atoms with E-state index in [0.29, 0.717) is 12.3 Å². The first-order valence-electron chi connectivity index (χ1n) is 7.60. The van der Waals surface area contributed by atoms with Crippen LogP contribution in [-0.4, -0.2) is 23.8 Å². The molecule has 1 aromatic rings. The monoisotopic (exact) mass is 312 g/mol. The Kier molecular flexibility index (Phi) is 7.18. The summed E-state index contributed by atoms with van der Waals surface area (Å²) in [5.41, 5.74) is 1.21. The van der Waals surface area contributed by atoms with Crippen LogP contribution in [0.5, 0.6) is 0 Å². The summed E-state index contributed by atoms with van der Waals surface area (Å²) in [5, 5.41) is 14.8. The molecular weight excluding hydrogens is 284 g/mol. The molecule has 1 heterocycles. The van der Waals surface area contributed by atoms with E-state index in [1.807, 2.05) is 6.92 Å². The van der Waals surface area contributed by atoms with Crippen molar-refractivity contribution in [2.45, 2.75) is 59.5 Å². The van der Waals surface area contributed by atoms with Crippen LogP contribution in [0.4, 0.5) is 4.79 Å². The quantitative estimate of drug-likeness (QED) is 0.721. The summed E-state index contributed by atoms with van der Waals surface area (Å²) in [7, 11) is 0. The van der Waals surface area contributed by atoms with E-state index in [-0.39, 0.29) is 24.7 Å². The van der Waals surface area contributed by atoms with E-state index in [1.54, 1.807) is 11.3 Å². The molecule has 2 amide bonds. The number of thiophene rings is 1. The van der Waals surface area contributed by atoms with Gasteiger partial charge < -0.3 is 15.7 Å². The van der Waals surface area contributed by atoms with Crippen molar-refractivity contribution in [1.29, 1.82) is 0 Å². The Labute approximate surface area is 132 Å². The van der Waals surface area contributed by atoms with Crippen LogP contribution in [0.25, 0.3) is 0 Å². The second-order valence-electron chi connectivity index (χ2n) is 5.97. The van der Waals surface area contributed by atoms with Gasteiger partial charge in [0.25, 0.3) is 0 Å². The van der Waals surface area contributed by atoms with Crippen molar-refractivity contribution >= 4 is 17.4 Å².